The van der Waals surface area contributed by atoms with Crippen molar-refractivity contribution in [3.05, 3.63) is 47.5 Å². The van der Waals surface area contributed by atoms with Gasteiger partial charge in [0.1, 0.15) is 11.6 Å². The molecule has 3 saturated heterocycles. The number of pyridine rings is 1. The molecule has 11 heteroatoms. The summed E-state index contributed by atoms with van der Waals surface area (Å²) in [7, 11) is 0. The van der Waals surface area contributed by atoms with Crippen LogP contribution < -0.4 is 21.3 Å². The van der Waals surface area contributed by atoms with Crippen LogP contribution in [0.1, 0.15) is 33.6 Å². The average Bonchev–Trinajstić information content (AvgIpc) is 3.35. The normalized spacial score (nSPS) is 20.3. The van der Waals surface area contributed by atoms with E-state index in [4.69, 9.17) is 15.5 Å². The fourth-order valence-electron chi connectivity index (χ4n) is 4.95. The van der Waals surface area contributed by atoms with Crippen molar-refractivity contribution in [2.75, 3.05) is 62.7 Å². The van der Waals surface area contributed by atoms with E-state index in [-0.39, 0.29) is 23.5 Å². The molecule has 0 saturated carbocycles. The highest BCUT2D eigenvalue weighted by Gasteiger charge is 2.32. The molecule has 4 N–H and O–H groups in total. The van der Waals surface area contributed by atoms with Crippen LogP contribution >= 0.6 is 0 Å². The number of hydrogen-bond acceptors (Lipinski definition) is 7. The number of morpholine rings is 1. The highest BCUT2D eigenvalue weighted by Crippen LogP contribution is 2.27. The third-order valence-electron chi connectivity index (χ3n) is 6.89. The van der Waals surface area contributed by atoms with Crippen molar-refractivity contribution in [1.82, 2.24) is 20.1 Å². The van der Waals surface area contributed by atoms with Gasteiger partial charge >= 0.3 is 6.03 Å². The minimum Gasteiger partial charge on any atom is -0.378 e. The standard InChI is InChI=1S/C25H31N7O4/c26-22(33)20-7-8-21(31-10-1-2-19(16-31)32-11-9-27-25(32)35)29-23(20)28-18-5-3-17(4-6-18)24(34)30-12-14-36-15-13-30/h3-8,19H,1-2,9-16H2,(H2,26,33)(H,27,35)(H,28,29)/t19-/m1/s1. The maximum Gasteiger partial charge on any atom is 0.317 e. The van der Waals surface area contributed by atoms with Crippen LogP contribution in [0.15, 0.2) is 36.4 Å². The third-order valence-corrected chi connectivity index (χ3v) is 6.89. The molecule has 2 aromatic rings. The van der Waals surface area contributed by atoms with Crippen molar-refractivity contribution in [3.63, 3.8) is 0 Å². The molecule has 1 aromatic carbocycles. The zero-order valence-electron chi connectivity index (χ0n) is 20.1. The number of amides is 4. The molecule has 11 nitrogen and oxygen atoms in total. The van der Waals surface area contributed by atoms with Crippen LogP contribution in [0.25, 0.3) is 0 Å². The number of ether oxygens (including phenoxy) is 1. The molecule has 3 aliphatic rings. The van der Waals surface area contributed by atoms with Gasteiger partial charge in [-0.25, -0.2) is 9.78 Å². The fraction of sp³-hybridized carbons (Fsp3) is 0.440. The molecule has 0 bridgehead atoms. The summed E-state index contributed by atoms with van der Waals surface area (Å²) in [5.41, 5.74) is 7.17. The van der Waals surface area contributed by atoms with Gasteiger partial charge in [0.2, 0.25) is 0 Å². The average molecular weight is 494 g/mol. The summed E-state index contributed by atoms with van der Waals surface area (Å²) in [6, 6.07) is 10.7. The molecule has 5 rings (SSSR count). The summed E-state index contributed by atoms with van der Waals surface area (Å²) in [5, 5.41) is 6.06. The third kappa shape index (κ3) is 5.06. The molecule has 3 fully saturated rings. The topological polar surface area (TPSA) is 133 Å². The maximum atomic E-state index is 12.7. The Morgan fingerprint density at radius 3 is 2.53 bits per heavy atom. The summed E-state index contributed by atoms with van der Waals surface area (Å²) in [4.78, 5) is 47.5. The molecule has 0 aliphatic carbocycles. The Morgan fingerprint density at radius 1 is 1.06 bits per heavy atom. The lowest BCUT2D eigenvalue weighted by Crippen LogP contribution is -2.49. The summed E-state index contributed by atoms with van der Waals surface area (Å²) >= 11 is 0. The largest absolute Gasteiger partial charge is 0.378 e. The number of rotatable bonds is 6. The first-order valence-corrected chi connectivity index (χ1v) is 12.3. The van der Waals surface area contributed by atoms with Gasteiger partial charge in [0.05, 0.1) is 24.8 Å². The Hall–Kier alpha value is -3.86. The van der Waals surface area contributed by atoms with Gasteiger partial charge in [0, 0.05) is 50.5 Å². The van der Waals surface area contributed by atoms with Gasteiger partial charge in [-0.15, -0.1) is 0 Å². The number of aromatic nitrogens is 1. The molecular weight excluding hydrogens is 462 g/mol. The molecular formula is C25H31N7O4. The lowest BCUT2D eigenvalue weighted by Gasteiger charge is -2.37. The molecule has 4 heterocycles. The van der Waals surface area contributed by atoms with E-state index in [1.165, 1.54) is 0 Å². The van der Waals surface area contributed by atoms with Crippen molar-refractivity contribution < 1.29 is 19.1 Å². The molecule has 1 aromatic heterocycles. The Kier molecular flexibility index (Phi) is 6.90. The number of benzene rings is 1. The number of hydrogen-bond donors (Lipinski definition) is 3. The number of carbonyl (C=O) groups excluding carboxylic acids is 3. The number of urea groups is 1. The zero-order valence-corrected chi connectivity index (χ0v) is 20.1. The second-order valence-corrected chi connectivity index (χ2v) is 9.20. The van der Waals surface area contributed by atoms with Crippen molar-refractivity contribution >= 4 is 35.2 Å². The molecule has 0 radical (unpaired) electrons. The molecule has 1 atom stereocenters. The molecule has 4 amide bonds. The number of primary amides is 1. The Bertz CT molecular complexity index is 1130. The van der Waals surface area contributed by atoms with Crippen LogP contribution in [0, 0.1) is 0 Å². The summed E-state index contributed by atoms with van der Waals surface area (Å²) in [6.45, 7) is 5.13. The molecule has 0 unspecified atom stereocenters. The molecule has 3 aliphatic heterocycles. The quantitative estimate of drug-likeness (QED) is 0.554. The number of carbonyl (C=O) groups is 3. The van der Waals surface area contributed by atoms with E-state index in [1.807, 2.05) is 4.90 Å². The molecule has 0 spiro atoms. The number of nitrogens with two attached hydrogens (primary N) is 1. The SMILES string of the molecule is NC(=O)c1ccc(N2CCC[C@@H](N3CCNC3=O)C2)nc1Nc1ccc(C(=O)N2CCOCC2)cc1. The smallest absolute Gasteiger partial charge is 0.317 e. The number of nitrogens with one attached hydrogen (secondary N) is 2. The van der Waals surface area contributed by atoms with E-state index in [9.17, 15) is 14.4 Å². The van der Waals surface area contributed by atoms with Crippen molar-refractivity contribution in [3.8, 4) is 0 Å². The minimum absolute atomic E-state index is 0.0169. The van der Waals surface area contributed by atoms with Gasteiger partial charge in [0.25, 0.3) is 11.8 Å². The second kappa shape index (κ2) is 10.4. The van der Waals surface area contributed by atoms with Gasteiger partial charge in [0.15, 0.2) is 0 Å². The number of nitrogens with zero attached hydrogens (tertiary/aromatic N) is 4. The predicted molar refractivity (Wildman–Crippen MR) is 135 cm³/mol. The first-order valence-electron chi connectivity index (χ1n) is 12.3. The molecule has 36 heavy (non-hydrogen) atoms. The lowest BCUT2D eigenvalue weighted by atomic mass is 10.0. The highest BCUT2D eigenvalue weighted by molar-refractivity contribution is 5.99. The van der Waals surface area contributed by atoms with E-state index >= 15 is 0 Å². The summed E-state index contributed by atoms with van der Waals surface area (Å²) < 4.78 is 5.32. The first kappa shape index (κ1) is 23.9. The second-order valence-electron chi connectivity index (χ2n) is 9.20. The Labute approximate surface area is 209 Å². The van der Waals surface area contributed by atoms with Crippen LogP contribution in [0.3, 0.4) is 0 Å². The van der Waals surface area contributed by atoms with Gasteiger partial charge in [-0.2, -0.15) is 0 Å². The van der Waals surface area contributed by atoms with Crippen molar-refractivity contribution in [1.29, 1.82) is 0 Å². The predicted octanol–water partition coefficient (Wildman–Crippen LogP) is 1.39. The van der Waals surface area contributed by atoms with E-state index in [1.54, 1.807) is 41.3 Å². The number of piperidine rings is 1. The van der Waals surface area contributed by atoms with Crippen LogP contribution in [-0.4, -0.2) is 91.2 Å². The fourth-order valence-corrected chi connectivity index (χ4v) is 4.95. The van der Waals surface area contributed by atoms with Gasteiger partial charge in [-0.3, -0.25) is 9.59 Å². The van der Waals surface area contributed by atoms with Crippen molar-refractivity contribution in [2.24, 2.45) is 5.73 Å². The highest BCUT2D eigenvalue weighted by atomic mass is 16.5. The van der Waals surface area contributed by atoms with Gasteiger partial charge in [-0.1, -0.05) is 0 Å². The Morgan fingerprint density at radius 2 is 1.83 bits per heavy atom. The van der Waals surface area contributed by atoms with Crippen molar-refractivity contribution in [2.45, 2.75) is 18.9 Å². The van der Waals surface area contributed by atoms with Crippen LogP contribution in [0.5, 0.6) is 0 Å². The summed E-state index contributed by atoms with van der Waals surface area (Å²) in [6.07, 6.45) is 1.89. The van der Waals surface area contributed by atoms with Crippen LogP contribution in [-0.2, 0) is 4.74 Å². The van der Waals surface area contributed by atoms with Crippen LogP contribution in [0.4, 0.5) is 22.1 Å². The zero-order chi connectivity index (χ0) is 25.1. The Balaban J connectivity index is 1.32. The lowest BCUT2D eigenvalue weighted by molar-refractivity contribution is 0.0303. The number of anilines is 3. The van der Waals surface area contributed by atoms with E-state index in [2.05, 4.69) is 15.5 Å². The first-order chi connectivity index (χ1) is 17.5. The maximum absolute atomic E-state index is 12.7. The van der Waals surface area contributed by atoms with Gasteiger partial charge < -0.3 is 35.8 Å². The summed E-state index contributed by atoms with van der Waals surface area (Å²) in [5.74, 6) is 0.453. The van der Waals surface area contributed by atoms with Gasteiger partial charge in [-0.05, 0) is 49.2 Å². The molecule has 190 valence electrons. The van der Waals surface area contributed by atoms with E-state index in [0.717, 1.165) is 19.4 Å². The van der Waals surface area contributed by atoms with Crippen LogP contribution in [0.2, 0.25) is 0 Å². The van der Waals surface area contributed by atoms with E-state index in [0.29, 0.717) is 68.8 Å². The minimum atomic E-state index is -0.582. The monoisotopic (exact) mass is 493 g/mol. The van der Waals surface area contributed by atoms with E-state index < -0.39 is 5.91 Å².